The molecule has 0 rings (SSSR count). The molecule has 0 spiro atoms. The van der Waals surface area contributed by atoms with Gasteiger partial charge in [0.05, 0.1) is 27.7 Å². The van der Waals surface area contributed by atoms with Gasteiger partial charge in [-0.25, -0.2) is 0 Å². The zero-order valence-electron chi connectivity index (χ0n) is 28.2. The third-order valence-electron chi connectivity index (χ3n) is 7.04. The molecule has 9 nitrogen and oxygen atoms in total. The number of phosphoric acid groups is 1. The summed E-state index contributed by atoms with van der Waals surface area (Å²) in [5, 5.41) is 0. The standard InChI is InChI=1S/C33H64NO8P/c1-6-8-10-12-13-14-15-16-17-18-19-20-22-24-26-33(36)42-31(29-39-32(35)25-23-21-11-9-7-2)30-41-43(37,38)40-28-27-34(3,4)5/h15-16,31H,6-14,17-30H2,1-5H3/b16-15-. The van der Waals surface area contributed by atoms with Gasteiger partial charge in [0, 0.05) is 12.8 Å². The highest BCUT2D eigenvalue weighted by Crippen LogP contribution is 2.38. The summed E-state index contributed by atoms with van der Waals surface area (Å²) in [6, 6.07) is 0. The first kappa shape index (κ1) is 41.8. The summed E-state index contributed by atoms with van der Waals surface area (Å²) < 4.78 is 33.4. The molecule has 0 aliphatic rings. The number of rotatable bonds is 30. The summed E-state index contributed by atoms with van der Waals surface area (Å²) in [6.07, 6.45) is 22.8. The fourth-order valence-electron chi connectivity index (χ4n) is 4.29. The molecule has 0 aliphatic heterocycles. The van der Waals surface area contributed by atoms with Gasteiger partial charge in [0.1, 0.15) is 19.8 Å². The highest BCUT2D eigenvalue weighted by Gasteiger charge is 2.21. The van der Waals surface area contributed by atoms with Crippen LogP contribution in [-0.2, 0) is 32.7 Å². The van der Waals surface area contributed by atoms with Crippen LogP contribution < -0.4 is 4.89 Å². The molecule has 0 bridgehead atoms. The van der Waals surface area contributed by atoms with Crippen LogP contribution in [0.4, 0.5) is 0 Å². The van der Waals surface area contributed by atoms with E-state index >= 15 is 0 Å². The maximum atomic E-state index is 12.5. The molecule has 0 aromatic carbocycles. The van der Waals surface area contributed by atoms with Crippen LogP contribution in [0.15, 0.2) is 12.2 Å². The van der Waals surface area contributed by atoms with Gasteiger partial charge in [0.2, 0.25) is 0 Å². The molecule has 254 valence electrons. The van der Waals surface area contributed by atoms with Gasteiger partial charge in [-0.2, -0.15) is 0 Å². The summed E-state index contributed by atoms with van der Waals surface area (Å²) in [5.74, 6) is -0.860. The molecule has 0 saturated heterocycles. The third kappa shape index (κ3) is 30.6. The van der Waals surface area contributed by atoms with Crippen molar-refractivity contribution in [2.24, 2.45) is 0 Å². The third-order valence-corrected chi connectivity index (χ3v) is 8.00. The van der Waals surface area contributed by atoms with Gasteiger partial charge in [-0.05, 0) is 38.5 Å². The van der Waals surface area contributed by atoms with Crippen LogP contribution in [-0.4, -0.2) is 70.0 Å². The van der Waals surface area contributed by atoms with Crippen molar-refractivity contribution in [2.75, 3.05) is 47.5 Å². The van der Waals surface area contributed by atoms with Crippen LogP contribution in [0.2, 0.25) is 0 Å². The van der Waals surface area contributed by atoms with E-state index in [4.69, 9.17) is 18.5 Å². The Bertz CT molecular complexity index is 768. The van der Waals surface area contributed by atoms with Gasteiger partial charge >= 0.3 is 11.9 Å². The monoisotopic (exact) mass is 633 g/mol. The lowest BCUT2D eigenvalue weighted by Crippen LogP contribution is -2.37. The zero-order valence-corrected chi connectivity index (χ0v) is 29.1. The normalized spacial score (nSPS) is 14.1. The first-order valence-electron chi connectivity index (χ1n) is 16.9. The molecule has 43 heavy (non-hydrogen) atoms. The molecule has 0 saturated carbocycles. The minimum absolute atomic E-state index is 0.0306. The van der Waals surface area contributed by atoms with E-state index in [-0.39, 0.29) is 26.1 Å². The Morgan fingerprint density at radius 1 is 0.698 bits per heavy atom. The van der Waals surface area contributed by atoms with Gasteiger partial charge in [0.25, 0.3) is 7.82 Å². The van der Waals surface area contributed by atoms with E-state index in [1.54, 1.807) is 0 Å². The average molecular weight is 634 g/mol. The van der Waals surface area contributed by atoms with E-state index in [1.165, 1.54) is 38.5 Å². The summed E-state index contributed by atoms with van der Waals surface area (Å²) in [6.45, 7) is 4.08. The van der Waals surface area contributed by atoms with E-state index in [2.05, 4.69) is 26.0 Å². The molecule has 0 fully saturated rings. The molecule has 0 aromatic heterocycles. The Balaban J connectivity index is 4.42. The number of carbonyl (C=O) groups excluding carboxylic acids is 2. The largest absolute Gasteiger partial charge is 0.756 e. The second-order valence-electron chi connectivity index (χ2n) is 12.5. The highest BCUT2D eigenvalue weighted by molar-refractivity contribution is 7.45. The zero-order chi connectivity index (χ0) is 32.2. The van der Waals surface area contributed by atoms with Gasteiger partial charge in [-0.3, -0.25) is 14.2 Å². The molecule has 10 heteroatoms. The molecule has 0 aromatic rings. The molecule has 0 heterocycles. The SMILES string of the molecule is CCCCCCC/C=C\CCCCCCCC(=O)OC(COC(=O)CCCCCCC)COP(=O)([O-])OCC[N+](C)(C)C. The molecule has 0 aliphatic carbocycles. The first-order valence-corrected chi connectivity index (χ1v) is 18.4. The fourth-order valence-corrected chi connectivity index (χ4v) is 5.02. The van der Waals surface area contributed by atoms with Crippen molar-refractivity contribution in [3.8, 4) is 0 Å². The lowest BCUT2D eigenvalue weighted by Gasteiger charge is -2.28. The van der Waals surface area contributed by atoms with Crippen molar-refractivity contribution >= 4 is 19.8 Å². The van der Waals surface area contributed by atoms with Crippen molar-refractivity contribution in [3.63, 3.8) is 0 Å². The molecular weight excluding hydrogens is 569 g/mol. The number of nitrogens with zero attached hydrogens (tertiary/aromatic N) is 1. The van der Waals surface area contributed by atoms with Crippen molar-refractivity contribution in [1.29, 1.82) is 0 Å². The number of quaternary nitrogens is 1. The molecule has 2 atom stereocenters. The second-order valence-corrected chi connectivity index (χ2v) is 13.9. The quantitative estimate of drug-likeness (QED) is 0.0261. The van der Waals surface area contributed by atoms with Crippen LogP contribution in [0.1, 0.15) is 136 Å². The minimum Gasteiger partial charge on any atom is -0.756 e. The summed E-state index contributed by atoms with van der Waals surface area (Å²) in [4.78, 5) is 36.9. The lowest BCUT2D eigenvalue weighted by atomic mass is 10.1. The molecule has 0 N–H and O–H groups in total. The average Bonchev–Trinajstić information content (AvgIpc) is 2.93. The van der Waals surface area contributed by atoms with Crippen molar-refractivity contribution in [2.45, 2.75) is 142 Å². The summed E-state index contributed by atoms with van der Waals surface area (Å²) in [5.41, 5.74) is 0. The molecule has 0 amide bonds. The van der Waals surface area contributed by atoms with Crippen LogP contribution >= 0.6 is 7.82 Å². The summed E-state index contributed by atoms with van der Waals surface area (Å²) in [7, 11) is 1.16. The van der Waals surface area contributed by atoms with Gasteiger partial charge < -0.3 is 27.9 Å². The number of hydrogen-bond acceptors (Lipinski definition) is 8. The van der Waals surface area contributed by atoms with Crippen LogP contribution in [0.25, 0.3) is 0 Å². The fraction of sp³-hybridized carbons (Fsp3) is 0.879. The maximum absolute atomic E-state index is 12.5. The van der Waals surface area contributed by atoms with Crippen LogP contribution in [0, 0.1) is 0 Å². The smallest absolute Gasteiger partial charge is 0.306 e. The van der Waals surface area contributed by atoms with Crippen molar-refractivity contribution in [3.05, 3.63) is 12.2 Å². The van der Waals surface area contributed by atoms with Crippen LogP contribution in [0.5, 0.6) is 0 Å². The topological polar surface area (TPSA) is 111 Å². The van der Waals surface area contributed by atoms with Crippen molar-refractivity contribution < 1.29 is 42.1 Å². The number of ether oxygens (including phenoxy) is 2. The van der Waals surface area contributed by atoms with E-state index < -0.39 is 32.5 Å². The predicted molar refractivity (Wildman–Crippen MR) is 171 cm³/mol. The van der Waals surface area contributed by atoms with Gasteiger partial charge in [-0.1, -0.05) is 96.6 Å². The Labute approximate surface area is 263 Å². The summed E-state index contributed by atoms with van der Waals surface area (Å²) >= 11 is 0. The number of phosphoric ester groups is 1. The molecular formula is C33H64NO8P. The predicted octanol–water partition coefficient (Wildman–Crippen LogP) is 7.66. The minimum atomic E-state index is -4.60. The number of allylic oxidation sites excluding steroid dienone is 2. The second kappa shape index (κ2) is 27.1. The van der Waals surface area contributed by atoms with E-state index in [0.29, 0.717) is 17.4 Å². The van der Waals surface area contributed by atoms with E-state index in [0.717, 1.165) is 64.2 Å². The Morgan fingerprint density at radius 2 is 1.19 bits per heavy atom. The number of likely N-dealkylation sites (N-methyl/N-ethyl adjacent to an activating group) is 1. The van der Waals surface area contributed by atoms with E-state index in [1.807, 2.05) is 21.1 Å². The maximum Gasteiger partial charge on any atom is 0.306 e. The molecule has 2 unspecified atom stereocenters. The number of carbonyl (C=O) groups is 2. The number of esters is 2. The molecule has 0 radical (unpaired) electrons. The Hall–Kier alpha value is -1.25. The highest BCUT2D eigenvalue weighted by atomic mass is 31.2. The Kier molecular flexibility index (Phi) is 26.3. The Morgan fingerprint density at radius 3 is 1.72 bits per heavy atom. The van der Waals surface area contributed by atoms with Gasteiger partial charge in [0.15, 0.2) is 6.10 Å². The van der Waals surface area contributed by atoms with Gasteiger partial charge in [-0.15, -0.1) is 0 Å². The lowest BCUT2D eigenvalue weighted by molar-refractivity contribution is -0.870. The number of hydrogen-bond donors (Lipinski definition) is 0. The van der Waals surface area contributed by atoms with E-state index in [9.17, 15) is 19.0 Å². The van der Waals surface area contributed by atoms with Crippen molar-refractivity contribution in [1.82, 2.24) is 0 Å². The first-order chi connectivity index (χ1) is 20.5. The van der Waals surface area contributed by atoms with Crippen LogP contribution in [0.3, 0.4) is 0 Å². The number of unbranched alkanes of at least 4 members (excludes halogenated alkanes) is 14.